The van der Waals surface area contributed by atoms with Crippen LogP contribution < -0.4 is 0 Å². The number of carbonyl (C=O) groups is 2. The molecule has 0 spiro atoms. The van der Waals surface area contributed by atoms with Gasteiger partial charge in [-0.05, 0) is 107 Å². The van der Waals surface area contributed by atoms with Gasteiger partial charge in [-0.15, -0.1) is 0 Å². The third kappa shape index (κ3) is 5.12. The van der Waals surface area contributed by atoms with Crippen molar-refractivity contribution in [3.63, 3.8) is 0 Å². The average molecular weight is 671 g/mol. The standard InChI is InChI=1S/C40H62O8/c1-12-21(3)34(45)47-32-33(48-35(46)22(4)13-2)40(23(5)41)25(20-36(32,6)7)24-14-15-27-38(10)19-17-28(42)37(8,9)26(38)16-18-39(27,11)29(24)30(43)31(40)44/h12-14,23,25-33,41-44H,15-20H2,1-11H3. The zero-order valence-electron chi connectivity index (χ0n) is 31.2. The van der Waals surface area contributed by atoms with Gasteiger partial charge in [0.25, 0.3) is 0 Å². The summed E-state index contributed by atoms with van der Waals surface area (Å²) in [6, 6.07) is 0. The first-order valence-corrected chi connectivity index (χ1v) is 18.3. The van der Waals surface area contributed by atoms with Crippen LogP contribution in [0.2, 0.25) is 0 Å². The van der Waals surface area contributed by atoms with Crippen LogP contribution in [0.3, 0.4) is 0 Å². The quantitative estimate of drug-likeness (QED) is 0.158. The minimum Gasteiger partial charge on any atom is -0.454 e. The van der Waals surface area contributed by atoms with Crippen molar-refractivity contribution in [2.75, 3.05) is 0 Å². The molecule has 5 aliphatic rings. The van der Waals surface area contributed by atoms with Gasteiger partial charge < -0.3 is 29.9 Å². The summed E-state index contributed by atoms with van der Waals surface area (Å²) in [5.41, 5.74) is -1.13. The first kappa shape index (κ1) is 37.3. The first-order chi connectivity index (χ1) is 22.2. The fraction of sp³-hybridized carbons (Fsp3) is 0.800. The van der Waals surface area contributed by atoms with E-state index in [0.717, 1.165) is 37.7 Å². The summed E-state index contributed by atoms with van der Waals surface area (Å²) in [5, 5.41) is 48.0. The maximum Gasteiger partial charge on any atom is 0.333 e. The minimum absolute atomic E-state index is 0.0564. The molecule has 4 N–H and O–H groups in total. The molecule has 0 saturated heterocycles. The summed E-state index contributed by atoms with van der Waals surface area (Å²) in [5.74, 6) is -1.45. The molecule has 0 aromatic rings. The normalized spacial score (nSPS) is 45.7. The van der Waals surface area contributed by atoms with Crippen LogP contribution in [-0.2, 0) is 19.1 Å². The topological polar surface area (TPSA) is 134 Å². The largest absolute Gasteiger partial charge is 0.454 e. The summed E-state index contributed by atoms with van der Waals surface area (Å²) in [7, 11) is 0. The third-order valence-electron chi connectivity index (χ3n) is 14.9. The van der Waals surface area contributed by atoms with Crippen LogP contribution in [0.25, 0.3) is 0 Å². The minimum atomic E-state index is -1.54. The molecule has 0 bridgehead atoms. The van der Waals surface area contributed by atoms with Gasteiger partial charge in [-0.1, -0.05) is 65.3 Å². The Bertz CT molecular complexity index is 1390. The Morgan fingerprint density at radius 3 is 1.94 bits per heavy atom. The van der Waals surface area contributed by atoms with Gasteiger partial charge in [-0.25, -0.2) is 9.59 Å². The number of carbonyl (C=O) groups excluding carboxylic acids is 2. The molecule has 4 fully saturated rings. The van der Waals surface area contributed by atoms with E-state index in [1.807, 2.05) is 13.8 Å². The van der Waals surface area contributed by atoms with Crippen LogP contribution >= 0.6 is 0 Å². The van der Waals surface area contributed by atoms with Gasteiger partial charge in [0.2, 0.25) is 0 Å². The van der Waals surface area contributed by atoms with Crippen molar-refractivity contribution < 1.29 is 39.5 Å². The Balaban J connectivity index is 1.68. The number of hydrogen-bond acceptors (Lipinski definition) is 8. The molecule has 0 aromatic heterocycles. The molecule has 0 amide bonds. The third-order valence-corrected chi connectivity index (χ3v) is 14.9. The van der Waals surface area contributed by atoms with E-state index in [-0.39, 0.29) is 34.2 Å². The zero-order chi connectivity index (χ0) is 35.9. The average Bonchev–Trinajstić information content (AvgIpc) is 3.01. The fourth-order valence-corrected chi connectivity index (χ4v) is 12.0. The molecule has 0 aliphatic heterocycles. The van der Waals surface area contributed by atoms with E-state index >= 15 is 0 Å². The molecular weight excluding hydrogens is 608 g/mol. The van der Waals surface area contributed by atoms with E-state index in [1.54, 1.807) is 46.8 Å². The van der Waals surface area contributed by atoms with Gasteiger partial charge in [0.1, 0.15) is 6.10 Å². The highest BCUT2D eigenvalue weighted by atomic mass is 16.6. The Morgan fingerprint density at radius 2 is 1.40 bits per heavy atom. The van der Waals surface area contributed by atoms with Crippen molar-refractivity contribution in [2.45, 2.75) is 151 Å². The summed E-state index contributed by atoms with van der Waals surface area (Å²) in [4.78, 5) is 26.9. The molecule has 0 aromatic carbocycles. The van der Waals surface area contributed by atoms with E-state index in [9.17, 15) is 30.0 Å². The van der Waals surface area contributed by atoms with Gasteiger partial charge >= 0.3 is 11.9 Å². The van der Waals surface area contributed by atoms with Crippen LogP contribution in [0.15, 0.2) is 34.9 Å². The summed E-state index contributed by atoms with van der Waals surface area (Å²) in [6.07, 6.45) is 3.68. The van der Waals surface area contributed by atoms with Crippen molar-refractivity contribution >= 4 is 11.9 Å². The van der Waals surface area contributed by atoms with E-state index < -0.39 is 59.2 Å². The molecular formula is C40H62O8. The lowest BCUT2D eigenvalue weighted by Gasteiger charge is -2.70. The lowest BCUT2D eigenvalue weighted by molar-refractivity contribution is -0.288. The SMILES string of the molecule is CC=C(C)C(=O)OC1C(OC(=O)C(C)=CC)C2(C(C)O)C(CC1(C)C)C1=CCC3C(C)(CCC4C(C)(C)C(O)CCC43C)C1C(O)C2O. The summed E-state index contributed by atoms with van der Waals surface area (Å²) >= 11 is 0. The number of allylic oxidation sites excluding steroid dienone is 3. The predicted molar refractivity (Wildman–Crippen MR) is 184 cm³/mol. The van der Waals surface area contributed by atoms with Crippen molar-refractivity contribution in [2.24, 2.45) is 50.7 Å². The molecule has 8 nitrogen and oxygen atoms in total. The molecule has 4 saturated carbocycles. The van der Waals surface area contributed by atoms with E-state index in [0.29, 0.717) is 23.5 Å². The summed E-state index contributed by atoms with van der Waals surface area (Å²) < 4.78 is 12.5. The van der Waals surface area contributed by atoms with E-state index in [4.69, 9.17) is 9.47 Å². The van der Waals surface area contributed by atoms with Crippen LogP contribution in [0.5, 0.6) is 0 Å². The second-order valence-electron chi connectivity index (χ2n) is 17.9. The number of fused-ring (bicyclic) bond motifs is 7. The molecule has 0 heterocycles. The van der Waals surface area contributed by atoms with Crippen LogP contribution in [0, 0.1) is 50.7 Å². The molecule has 13 atom stereocenters. The molecule has 13 unspecified atom stereocenters. The number of aliphatic hydroxyl groups is 4. The molecule has 5 rings (SSSR count). The van der Waals surface area contributed by atoms with E-state index in [1.165, 1.54) is 0 Å². The predicted octanol–water partition coefficient (Wildman–Crippen LogP) is 6.06. The maximum atomic E-state index is 13.6. The number of hydrogen-bond donors (Lipinski definition) is 4. The Hall–Kier alpha value is -2.00. The molecule has 270 valence electrons. The number of ether oxygens (including phenoxy) is 2. The van der Waals surface area contributed by atoms with Gasteiger partial charge in [0, 0.05) is 22.5 Å². The van der Waals surface area contributed by atoms with Crippen LogP contribution in [0.1, 0.15) is 115 Å². The first-order valence-electron chi connectivity index (χ1n) is 18.3. The zero-order valence-corrected chi connectivity index (χ0v) is 31.2. The maximum absolute atomic E-state index is 13.6. The second-order valence-corrected chi connectivity index (χ2v) is 17.9. The van der Waals surface area contributed by atoms with E-state index in [2.05, 4.69) is 33.8 Å². The molecule has 5 aliphatic carbocycles. The highest BCUT2D eigenvalue weighted by Crippen LogP contribution is 2.72. The Labute approximate surface area is 288 Å². The monoisotopic (exact) mass is 670 g/mol. The number of esters is 2. The Kier molecular flexibility index (Phi) is 9.58. The number of rotatable bonds is 5. The van der Waals surface area contributed by atoms with Gasteiger partial charge in [0.05, 0.1) is 29.8 Å². The van der Waals surface area contributed by atoms with Crippen molar-refractivity contribution in [1.82, 2.24) is 0 Å². The molecule has 0 radical (unpaired) electrons. The van der Waals surface area contributed by atoms with Gasteiger partial charge in [-0.3, -0.25) is 0 Å². The van der Waals surface area contributed by atoms with Crippen LogP contribution in [-0.4, -0.2) is 69.0 Å². The van der Waals surface area contributed by atoms with Gasteiger partial charge in [0.15, 0.2) is 6.10 Å². The fourth-order valence-electron chi connectivity index (χ4n) is 12.0. The lowest BCUT2D eigenvalue weighted by Crippen LogP contribution is -2.75. The van der Waals surface area contributed by atoms with Gasteiger partial charge in [-0.2, -0.15) is 0 Å². The Morgan fingerprint density at radius 1 is 0.854 bits per heavy atom. The molecule has 48 heavy (non-hydrogen) atoms. The molecule has 8 heteroatoms. The summed E-state index contributed by atoms with van der Waals surface area (Å²) in [6.45, 7) is 21.4. The highest BCUT2D eigenvalue weighted by molar-refractivity contribution is 5.88. The smallest absolute Gasteiger partial charge is 0.333 e. The van der Waals surface area contributed by atoms with Crippen molar-refractivity contribution in [3.8, 4) is 0 Å². The van der Waals surface area contributed by atoms with Crippen molar-refractivity contribution in [3.05, 3.63) is 34.9 Å². The second kappa shape index (κ2) is 12.3. The van der Waals surface area contributed by atoms with Crippen molar-refractivity contribution in [1.29, 1.82) is 0 Å². The lowest BCUT2D eigenvalue weighted by atomic mass is 9.35. The van der Waals surface area contributed by atoms with Crippen LogP contribution in [0.4, 0.5) is 0 Å². The highest BCUT2D eigenvalue weighted by Gasteiger charge is 2.74. The number of aliphatic hydroxyl groups excluding tert-OH is 4.